The zero-order valence-corrected chi connectivity index (χ0v) is 9.89. The fraction of sp³-hybridized carbons (Fsp3) is 0.0769. The molecule has 94 valence electrons. The highest BCUT2D eigenvalue weighted by molar-refractivity contribution is 5.45. The van der Waals surface area contributed by atoms with Crippen LogP contribution in [0.5, 0.6) is 5.75 Å². The molecule has 1 N–H and O–H groups in total. The molecule has 0 unspecified atom stereocenters. The van der Waals surface area contributed by atoms with Crippen LogP contribution in [0.25, 0.3) is 11.5 Å². The van der Waals surface area contributed by atoms with Crippen LogP contribution in [0, 0.1) is 0 Å². The Labute approximate surface area is 108 Å². The fourth-order valence-corrected chi connectivity index (χ4v) is 1.63. The lowest BCUT2D eigenvalue weighted by molar-refractivity contribution is 0.385. The van der Waals surface area contributed by atoms with Gasteiger partial charge in [0.15, 0.2) is 0 Å². The summed E-state index contributed by atoms with van der Waals surface area (Å²) in [7, 11) is 0. The van der Waals surface area contributed by atoms with Gasteiger partial charge in [0, 0.05) is 12.4 Å². The van der Waals surface area contributed by atoms with Crippen molar-refractivity contribution in [2.75, 3.05) is 0 Å². The summed E-state index contributed by atoms with van der Waals surface area (Å²) in [6.45, 7) is 0. The summed E-state index contributed by atoms with van der Waals surface area (Å²) in [5.41, 5.74) is 1.55. The average Bonchev–Trinajstić information content (AvgIpc) is 2.91. The second-order valence-corrected chi connectivity index (χ2v) is 3.95. The summed E-state index contributed by atoms with van der Waals surface area (Å²) in [6.07, 6.45) is 5.25. The quantitative estimate of drug-likeness (QED) is 0.767. The summed E-state index contributed by atoms with van der Waals surface area (Å²) in [5, 5.41) is 13.1. The summed E-state index contributed by atoms with van der Waals surface area (Å²) in [6, 6.07) is 6.85. The number of phenolic OH excluding ortho intramolecular Hbond substituents is 1. The van der Waals surface area contributed by atoms with E-state index in [2.05, 4.69) is 20.1 Å². The second kappa shape index (κ2) is 4.85. The van der Waals surface area contributed by atoms with Crippen LogP contribution >= 0.6 is 0 Å². The predicted molar refractivity (Wildman–Crippen MR) is 66.2 cm³/mol. The van der Waals surface area contributed by atoms with Gasteiger partial charge in [0.1, 0.15) is 11.4 Å². The van der Waals surface area contributed by atoms with Crippen molar-refractivity contribution in [1.29, 1.82) is 0 Å². The Morgan fingerprint density at radius 3 is 2.68 bits per heavy atom. The zero-order chi connectivity index (χ0) is 13.1. The molecule has 0 fully saturated rings. The highest BCUT2D eigenvalue weighted by atomic mass is 16.5. The standard InChI is InChI=1S/C13H10N4O2/c18-10-3-1-9(2-4-10)7-12-16-13(17-19-12)11-8-14-5-6-15-11/h1-6,8,18H,7H2. The third kappa shape index (κ3) is 2.57. The van der Waals surface area contributed by atoms with Crippen molar-refractivity contribution in [1.82, 2.24) is 20.1 Å². The maximum atomic E-state index is 9.21. The first-order valence-corrected chi connectivity index (χ1v) is 5.68. The van der Waals surface area contributed by atoms with Crippen LogP contribution in [0.3, 0.4) is 0 Å². The van der Waals surface area contributed by atoms with E-state index in [0.717, 1.165) is 5.56 Å². The minimum Gasteiger partial charge on any atom is -0.508 e. The van der Waals surface area contributed by atoms with Gasteiger partial charge in [0.25, 0.3) is 0 Å². The van der Waals surface area contributed by atoms with Gasteiger partial charge in [-0.2, -0.15) is 4.98 Å². The molecule has 2 heterocycles. The largest absolute Gasteiger partial charge is 0.508 e. The van der Waals surface area contributed by atoms with Gasteiger partial charge in [-0.3, -0.25) is 4.98 Å². The predicted octanol–water partition coefficient (Wildman–Crippen LogP) is 1.82. The molecule has 0 saturated heterocycles. The van der Waals surface area contributed by atoms with Crippen molar-refractivity contribution >= 4 is 0 Å². The van der Waals surface area contributed by atoms with Crippen LogP contribution in [-0.2, 0) is 6.42 Å². The lowest BCUT2D eigenvalue weighted by Gasteiger charge is -1.96. The summed E-state index contributed by atoms with van der Waals surface area (Å²) < 4.78 is 5.16. The lowest BCUT2D eigenvalue weighted by Crippen LogP contribution is -1.89. The summed E-state index contributed by atoms with van der Waals surface area (Å²) >= 11 is 0. The molecular formula is C13H10N4O2. The Bertz CT molecular complexity index is 665. The molecular weight excluding hydrogens is 244 g/mol. The topological polar surface area (TPSA) is 84.9 Å². The monoisotopic (exact) mass is 254 g/mol. The molecule has 19 heavy (non-hydrogen) atoms. The normalized spacial score (nSPS) is 10.5. The van der Waals surface area contributed by atoms with E-state index >= 15 is 0 Å². The van der Waals surface area contributed by atoms with E-state index in [0.29, 0.717) is 23.8 Å². The molecule has 0 aliphatic heterocycles. The fourth-order valence-electron chi connectivity index (χ4n) is 1.63. The number of hydrogen-bond donors (Lipinski definition) is 1. The molecule has 3 aromatic rings. The van der Waals surface area contributed by atoms with E-state index in [1.807, 2.05) is 12.1 Å². The van der Waals surface area contributed by atoms with Gasteiger partial charge in [0.05, 0.1) is 12.6 Å². The van der Waals surface area contributed by atoms with Crippen molar-refractivity contribution in [3.63, 3.8) is 0 Å². The molecule has 0 amide bonds. The molecule has 0 radical (unpaired) electrons. The van der Waals surface area contributed by atoms with Crippen LogP contribution in [0.15, 0.2) is 47.4 Å². The van der Waals surface area contributed by atoms with Gasteiger partial charge in [-0.1, -0.05) is 17.3 Å². The van der Waals surface area contributed by atoms with Crippen LogP contribution in [-0.4, -0.2) is 25.2 Å². The molecule has 0 saturated carbocycles. The summed E-state index contributed by atoms with van der Waals surface area (Å²) in [5.74, 6) is 1.14. The van der Waals surface area contributed by atoms with Gasteiger partial charge < -0.3 is 9.63 Å². The van der Waals surface area contributed by atoms with E-state index in [9.17, 15) is 5.11 Å². The average molecular weight is 254 g/mol. The highest BCUT2D eigenvalue weighted by Crippen LogP contribution is 2.15. The van der Waals surface area contributed by atoms with E-state index in [1.165, 1.54) is 0 Å². The second-order valence-electron chi connectivity index (χ2n) is 3.95. The van der Waals surface area contributed by atoms with Gasteiger partial charge in [-0.15, -0.1) is 0 Å². The molecule has 0 bridgehead atoms. The van der Waals surface area contributed by atoms with Crippen molar-refractivity contribution in [2.45, 2.75) is 6.42 Å². The molecule has 6 heteroatoms. The maximum Gasteiger partial charge on any atom is 0.231 e. The first kappa shape index (κ1) is 11.3. The van der Waals surface area contributed by atoms with Crippen molar-refractivity contribution < 1.29 is 9.63 Å². The van der Waals surface area contributed by atoms with Crippen LogP contribution in [0.2, 0.25) is 0 Å². The molecule has 0 aliphatic rings. The first-order chi connectivity index (χ1) is 9.31. The SMILES string of the molecule is Oc1ccc(Cc2nc(-c3cnccn3)no2)cc1. The number of rotatable bonds is 3. The van der Waals surface area contributed by atoms with Gasteiger partial charge >= 0.3 is 0 Å². The zero-order valence-electron chi connectivity index (χ0n) is 9.89. The van der Waals surface area contributed by atoms with Crippen LogP contribution in [0.4, 0.5) is 0 Å². The smallest absolute Gasteiger partial charge is 0.231 e. The summed E-state index contributed by atoms with van der Waals surface area (Å²) in [4.78, 5) is 12.3. The molecule has 0 aliphatic carbocycles. The van der Waals surface area contributed by atoms with Crippen LogP contribution in [0.1, 0.15) is 11.5 Å². The Morgan fingerprint density at radius 2 is 1.95 bits per heavy atom. The Hall–Kier alpha value is -2.76. The van der Waals surface area contributed by atoms with Crippen LogP contribution < -0.4 is 0 Å². The van der Waals surface area contributed by atoms with Crippen molar-refractivity contribution in [2.24, 2.45) is 0 Å². The molecule has 3 rings (SSSR count). The Morgan fingerprint density at radius 1 is 1.11 bits per heavy atom. The number of aromatic nitrogens is 4. The minimum absolute atomic E-state index is 0.231. The number of aromatic hydroxyl groups is 1. The molecule has 2 aromatic heterocycles. The molecule has 1 aromatic carbocycles. The highest BCUT2D eigenvalue weighted by Gasteiger charge is 2.10. The number of nitrogens with zero attached hydrogens (tertiary/aromatic N) is 4. The van der Waals surface area contributed by atoms with E-state index in [1.54, 1.807) is 30.7 Å². The van der Waals surface area contributed by atoms with E-state index in [-0.39, 0.29) is 5.75 Å². The minimum atomic E-state index is 0.231. The lowest BCUT2D eigenvalue weighted by atomic mass is 10.1. The maximum absolute atomic E-state index is 9.21. The van der Waals surface area contributed by atoms with Crippen molar-refractivity contribution in [3.8, 4) is 17.3 Å². The van der Waals surface area contributed by atoms with E-state index < -0.39 is 0 Å². The Kier molecular flexibility index (Phi) is 2.89. The molecule has 0 spiro atoms. The number of benzene rings is 1. The number of phenols is 1. The Balaban J connectivity index is 1.80. The molecule has 0 atom stereocenters. The van der Waals surface area contributed by atoms with Crippen molar-refractivity contribution in [3.05, 3.63) is 54.3 Å². The molecule has 6 nitrogen and oxygen atoms in total. The van der Waals surface area contributed by atoms with Gasteiger partial charge in [-0.05, 0) is 17.7 Å². The third-order valence-electron chi connectivity index (χ3n) is 2.55. The van der Waals surface area contributed by atoms with E-state index in [4.69, 9.17) is 4.52 Å². The van der Waals surface area contributed by atoms with Gasteiger partial charge in [0.2, 0.25) is 11.7 Å². The first-order valence-electron chi connectivity index (χ1n) is 5.68. The number of hydrogen-bond acceptors (Lipinski definition) is 6. The third-order valence-corrected chi connectivity index (χ3v) is 2.55. The van der Waals surface area contributed by atoms with Gasteiger partial charge in [-0.25, -0.2) is 4.98 Å².